The van der Waals surface area contributed by atoms with Gasteiger partial charge < -0.3 is 4.90 Å². The third kappa shape index (κ3) is 4.65. The highest BCUT2D eigenvalue weighted by Gasteiger charge is 2.29. The van der Waals surface area contributed by atoms with Gasteiger partial charge in [-0.1, -0.05) is 38.2 Å². The standard InChI is InChI=1S/C20H30N2O3S/c1-15-10-13-18(26(24,25)21-16-11-12-16)14-19(15)20(23)22(2)17-8-6-4-3-5-7-9-17/h10,13-14,16-17,21H,3-9,11-12H2,1-2H3. The van der Waals surface area contributed by atoms with Crippen LogP contribution < -0.4 is 4.72 Å². The predicted molar refractivity (Wildman–Crippen MR) is 103 cm³/mol. The lowest BCUT2D eigenvalue weighted by atomic mass is 9.95. The first-order chi connectivity index (χ1) is 12.4. The summed E-state index contributed by atoms with van der Waals surface area (Å²) in [4.78, 5) is 15.1. The average molecular weight is 379 g/mol. The molecule has 0 heterocycles. The topological polar surface area (TPSA) is 66.5 Å². The largest absolute Gasteiger partial charge is 0.339 e. The van der Waals surface area contributed by atoms with Crippen molar-refractivity contribution >= 4 is 15.9 Å². The van der Waals surface area contributed by atoms with Crippen LogP contribution in [0.3, 0.4) is 0 Å². The van der Waals surface area contributed by atoms with Crippen LogP contribution in [0.1, 0.15) is 73.7 Å². The zero-order valence-electron chi connectivity index (χ0n) is 15.8. The lowest BCUT2D eigenvalue weighted by molar-refractivity contribution is 0.0706. The Hall–Kier alpha value is -1.40. The molecule has 2 aliphatic rings. The molecule has 3 rings (SSSR count). The minimum atomic E-state index is -3.55. The van der Waals surface area contributed by atoms with Crippen LogP contribution in [0.2, 0.25) is 0 Å². The molecule has 5 nitrogen and oxygen atoms in total. The fourth-order valence-corrected chi connectivity index (χ4v) is 5.00. The predicted octanol–water partition coefficient (Wildman–Crippen LogP) is 3.62. The van der Waals surface area contributed by atoms with Gasteiger partial charge in [-0.05, 0) is 50.3 Å². The molecule has 2 saturated carbocycles. The molecule has 0 spiro atoms. The van der Waals surface area contributed by atoms with Crippen molar-refractivity contribution in [2.75, 3.05) is 7.05 Å². The first kappa shape index (κ1) is 19.4. The summed E-state index contributed by atoms with van der Waals surface area (Å²) in [6.07, 6.45) is 9.91. The molecule has 0 aliphatic heterocycles. The molecule has 26 heavy (non-hydrogen) atoms. The van der Waals surface area contributed by atoms with E-state index >= 15 is 0 Å². The summed E-state index contributed by atoms with van der Waals surface area (Å²) in [6.45, 7) is 1.87. The van der Waals surface area contributed by atoms with Gasteiger partial charge in [-0.3, -0.25) is 4.79 Å². The maximum atomic E-state index is 13.1. The zero-order chi connectivity index (χ0) is 18.7. The molecule has 144 valence electrons. The molecule has 2 fully saturated rings. The minimum absolute atomic E-state index is 0.0538. The number of nitrogens with one attached hydrogen (secondary N) is 1. The highest BCUT2D eigenvalue weighted by atomic mass is 32.2. The number of carbonyl (C=O) groups excluding carboxylic acids is 1. The van der Waals surface area contributed by atoms with E-state index in [4.69, 9.17) is 0 Å². The monoisotopic (exact) mass is 378 g/mol. The van der Waals surface area contributed by atoms with Gasteiger partial charge in [0.1, 0.15) is 0 Å². The summed E-state index contributed by atoms with van der Waals surface area (Å²) in [5.74, 6) is -0.0726. The molecule has 0 saturated heterocycles. The van der Waals surface area contributed by atoms with E-state index in [1.807, 2.05) is 18.9 Å². The van der Waals surface area contributed by atoms with Crippen LogP contribution in [0.15, 0.2) is 23.1 Å². The van der Waals surface area contributed by atoms with Crippen LogP contribution >= 0.6 is 0 Å². The van der Waals surface area contributed by atoms with E-state index in [2.05, 4.69) is 4.72 Å². The van der Waals surface area contributed by atoms with Gasteiger partial charge in [-0.15, -0.1) is 0 Å². The van der Waals surface area contributed by atoms with Gasteiger partial charge in [0.25, 0.3) is 5.91 Å². The van der Waals surface area contributed by atoms with Crippen LogP contribution in [-0.4, -0.2) is 38.4 Å². The van der Waals surface area contributed by atoms with Gasteiger partial charge in [0, 0.05) is 24.7 Å². The van der Waals surface area contributed by atoms with Gasteiger partial charge in [0.2, 0.25) is 10.0 Å². The highest BCUT2D eigenvalue weighted by Crippen LogP contribution is 2.25. The van der Waals surface area contributed by atoms with Crippen LogP contribution in [0, 0.1) is 6.92 Å². The van der Waals surface area contributed by atoms with Crippen molar-refractivity contribution in [2.24, 2.45) is 0 Å². The van der Waals surface area contributed by atoms with E-state index in [0.29, 0.717) is 5.56 Å². The number of amides is 1. The van der Waals surface area contributed by atoms with Crippen molar-refractivity contribution in [3.05, 3.63) is 29.3 Å². The number of aryl methyl sites for hydroxylation is 1. The van der Waals surface area contributed by atoms with Crippen molar-refractivity contribution in [3.63, 3.8) is 0 Å². The number of hydrogen-bond acceptors (Lipinski definition) is 3. The van der Waals surface area contributed by atoms with Gasteiger partial charge in [0.05, 0.1) is 4.90 Å². The van der Waals surface area contributed by atoms with Gasteiger partial charge in [-0.25, -0.2) is 13.1 Å². The molecule has 1 N–H and O–H groups in total. The molecular formula is C20H30N2O3S. The summed E-state index contributed by atoms with van der Waals surface area (Å²) >= 11 is 0. The van der Waals surface area contributed by atoms with E-state index in [-0.39, 0.29) is 22.9 Å². The number of carbonyl (C=O) groups is 1. The van der Waals surface area contributed by atoms with E-state index in [1.54, 1.807) is 18.2 Å². The third-order valence-corrected chi connectivity index (χ3v) is 7.11. The smallest absolute Gasteiger partial charge is 0.254 e. The van der Waals surface area contributed by atoms with Crippen LogP contribution in [0.5, 0.6) is 0 Å². The number of benzene rings is 1. The van der Waals surface area contributed by atoms with Crippen molar-refractivity contribution < 1.29 is 13.2 Å². The highest BCUT2D eigenvalue weighted by molar-refractivity contribution is 7.89. The Morgan fingerprint density at radius 3 is 2.27 bits per heavy atom. The number of sulfonamides is 1. The fraction of sp³-hybridized carbons (Fsp3) is 0.650. The Kier molecular flexibility index (Phi) is 6.03. The van der Waals surface area contributed by atoms with Crippen molar-refractivity contribution in [1.29, 1.82) is 0 Å². The van der Waals surface area contributed by atoms with Crippen LogP contribution in [0.4, 0.5) is 0 Å². The van der Waals surface area contributed by atoms with E-state index in [9.17, 15) is 13.2 Å². The molecule has 6 heteroatoms. The lowest BCUT2D eigenvalue weighted by Crippen LogP contribution is -2.38. The maximum absolute atomic E-state index is 13.1. The van der Waals surface area contributed by atoms with E-state index in [0.717, 1.165) is 44.1 Å². The Balaban J connectivity index is 1.80. The summed E-state index contributed by atoms with van der Waals surface area (Å²) < 4.78 is 27.7. The molecule has 0 unspecified atom stereocenters. The molecular weight excluding hydrogens is 348 g/mol. The Morgan fingerprint density at radius 1 is 1.04 bits per heavy atom. The second-order valence-corrected chi connectivity index (χ2v) is 9.50. The Morgan fingerprint density at radius 2 is 1.65 bits per heavy atom. The fourth-order valence-electron chi connectivity index (χ4n) is 3.67. The second-order valence-electron chi connectivity index (χ2n) is 7.79. The van der Waals surface area contributed by atoms with Crippen LogP contribution in [-0.2, 0) is 10.0 Å². The zero-order valence-corrected chi connectivity index (χ0v) is 16.6. The Bertz CT molecular complexity index is 748. The molecule has 0 atom stereocenters. The van der Waals surface area contributed by atoms with E-state index < -0.39 is 10.0 Å². The maximum Gasteiger partial charge on any atom is 0.254 e. The first-order valence-electron chi connectivity index (χ1n) is 9.78. The molecule has 1 aromatic carbocycles. The van der Waals surface area contributed by atoms with Gasteiger partial charge >= 0.3 is 0 Å². The van der Waals surface area contributed by atoms with Crippen molar-refractivity contribution in [2.45, 2.75) is 81.7 Å². The Labute approximate surface area is 157 Å². The number of rotatable bonds is 5. The average Bonchev–Trinajstić information content (AvgIpc) is 3.37. The second kappa shape index (κ2) is 8.09. The SMILES string of the molecule is Cc1ccc(S(=O)(=O)NC2CC2)cc1C(=O)N(C)C1CCCCCCC1. The quantitative estimate of drug-likeness (QED) is 0.851. The summed E-state index contributed by atoms with van der Waals surface area (Å²) in [5, 5.41) is 0. The number of hydrogen-bond donors (Lipinski definition) is 1. The lowest BCUT2D eigenvalue weighted by Gasteiger charge is -2.30. The first-order valence-corrected chi connectivity index (χ1v) is 11.3. The molecule has 0 radical (unpaired) electrons. The summed E-state index contributed by atoms with van der Waals surface area (Å²) in [7, 11) is -1.69. The minimum Gasteiger partial charge on any atom is -0.339 e. The third-order valence-electron chi connectivity index (χ3n) is 5.59. The molecule has 1 amide bonds. The van der Waals surface area contributed by atoms with Crippen molar-refractivity contribution in [3.8, 4) is 0 Å². The van der Waals surface area contributed by atoms with Gasteiger partial charge in [-0.2, -0.15) is 0 Å². The molecule has 0 aromatic heterocycles. The normalized spacial score (nSPS) is 19.6. The van der Waals surface area contributed by atoms with E-state index in [1.165, 1.54) is 19.3 Å². The summed E-state index contributed by atoms with van der Waals surface area (Å²) in [5.41, 5.74) is 1.31. The van der Waals surface area contributed by atoms with Gasteiger partial charge in [0.15, 0.2) is 0 Å². The molecule has 0 bridgehead atoms. The van der Waals surface area contributed by atoms with Crippen LogP contribution in [0.25, 0.3) is 0 Å². The molecule has 2 aliphatic carbocycles. The summed E-state index contributed by atoms with van der Waals surface area (Å²) in [6, 6.07) is 5.17. The molecule has 1 aromatic rings. The van der Waals surface area contributed by atoms with Crippen molar-refractivity contribution in [1.82, 2.24) is 9.62 Å². The number of nitrogens with zero attached hydrogens (tertiary/aromatic N) is 1.